The number of aliphatic hydroxyl groups is 2. The first kappa shape index (κ1) is 41.3. The molecule has 54 heavy (non-hydrogen) atoms. The van der Waals surface area contributed by atoms with Crippen molar-refractivity contribution in [2.24, 2.45) is 17.8 Å². The molecule has 2 heterocycles. The molecule has 1 aromatic heterocycles. The highest BCUT2D eigenvalue weighted by Crippen LogP contribution is 2.31. The Morgan fingerprint density at radius 1 is 0.963 bits per heavy atom. The Balaban J connectivity index is 1.40. The average Bonchev–Trinajstić information content (AvgIpc) is 3.69. The molecular weight excluding hydrogens is 707 g/mol. The zero-order chi connectivity index (χ0) is 38.7. The van der Waals surface area contributed by atoms with E-state index < -0.39 is 53.3 Å². The molecule has 4 unspecified atom stereocenters. The van der Waals surface area contributed by atoms with Gasteiger partial charge in [0, 0.05) is 38.4 Å². The molecule has 2 fully saturated rings. The van der Waals surface area contributed by atoms with Crippen LogP contribution in [0.5, 0.6) is 0 Å². The molecule has 5 atom stereocenters. The molecule has 2 aliphatic rings. The number of benzene rings is 2. The maximum atomic E-state index is 14.4. The zero-order valence-electron chi connectivity index (χ0n) is 31.8. The highest BCUT2D eigenvalue weighted by molar-refractivity contribution is 7.07. The Morgan fingerprint density at radius 3 is 2.37 bits per heavy atom. The monoisotopic (exact) mass is 763 g/mol. The molecule has 1 saturated heterocycles. The van der Waals surface area contributed by atoms with Gasteiger partial charge in [-0.3, -0.25) is 19.2 Å². The number of fused-ring (bicyclic) bond motifs is 1. The van der Waals surface area contributed by atoms with Gasteiger partial charge in [0.1, 0.15) is 6.04 Å². The summed E-state index contributed by atoms with van der Waals surface area (Å²) in [6.07, 6.45) is 4.84. The van der Waals surface area contributed by atoms with Crippen LogP contribution in [0.2, 0.25) is 0 Å². The second-order valence-electron chi connectivity index (χ2n) is 15.5. The van der Waals surface area contributed by atoms with Crippen molar-refractivity contribution in [3.05, 3.63) is 64.6 Å². The molecule has 5 rings (SSSR count). The number of aliphatic hydroxyl groups excluding tert-OH is 1. The number of nitrogens with one attached hydrogen (secondary N) is 3. The number of aromatic nitrogens is 1. The van der Waals surface area contributed by atoms with Gasteiger partial charge in [-0.25, -0.2) is 4.98 Å². The summed E-state index contributed by atoms with van der Waals surface area (Å²) in [5.74, 6) is -2.89. The van der Waals surface area contributed by atoms with Gasteiger partial charge in [0.05, 0.1) is 54.0 Å². The number of rotatable bonds is 17. The molecular formula is C41H57N5O7S. The molecule has 1 aliphatic carbocycles. The van der Waals surface area contributed by atoms with E-state index in [1.54, 1.807) is 10.4 Å². The number of morpholine rings is 1. The predicted octanol–water partition coefficient (Wildman–Crippen LogP) is 3.77. The molecule has 0 spiro atoms. The second-order valence-corrected chi connectivity index (χ2v) is 16.2. The molecule has 2 aromatic carbocycles. The van der Waals surface area contributed by atoms with Crippen molar-refractivity contribution < 1.29 is 34.1 Å². The number of carbonyl (C=O) groups is 4. The maximum absolute atomic E-state index is 14.4. The summed E-state index contributed by atoms with van der Waals surface area (Å²) in [5.41, 5.74) is 1.80. The van der Waals surface area contributed by atoms with Crippen LogP contribution in [-0.2, 0) is 36.8 Å². The topological polar surface area (TPSA) is 170 Å². The van der Waals surface area contributed by atoms with E-state index >= 15 is 0 Å². The van der Waals surface area contributed by atoms with Gasteiger partial charge in [0.25, 0.3) is 0 Å². The van der Waals surface area contributed by atoms with E-state index in [4.69, 9.17) is 4.74 Å². The van der Waals surface area contributed by atoms with Gasteiger partial charge in [-0.2, -0.15) is 0 Å². The Morgan fingerprint density at radius 2 is 1.69 bits per heavy atom. The number of thiazole rings is 1. The summed E-state index contributed by atoms with van der Waals surface area (Å²) in [4.78, 5) is 61.4. The third-order valence-corrected chi connectivity index (χ3v) is 11.7. The van der Waals surface area contributed by atoms with Crippen molar-refractivity contribution in [1.29, 1.82) is 0 Å². The van der Waals surface area contributed by atoms with Crippen molar-refractivity contribution >= 4 is 45.7 Å². The summed E-state index contributed by atoms with van der Waals surface area (Å²) in [7, 11) is 1.49. The van der Waals surface area contributed by atoms with E-state index in [0.717, 1.165) is 48.4 Å². The van der Waals surface area contributed by atoms with Crippen LogP contribution in [0, 0.1) is 17.8 Å². The predicted molar refractivity (Wildman–Crippen MR) is 209 cm³/mol. The van der Waals surface area contributed by atoms with E-state index in [-0.39, 0.29) is 37.5 Å². The highest BCUT2D eigenvalue weighted by atomic mass is 32.1. The molecule has 0 bridgehead atoms. The van der Waals surface area contributed by atoms with Crippen LogP contribution < -0.4 is 16.0 Å². The Labute approximate surface area is 322 Å². The summed E-state index contributed by atoms with van der Waals surface area (Å²) in [5, 5.41) is 35.1. The van der Waals surface area contributed by atoms with E-state index in [0.29, 0.717) is 38.4 Å². The first-order valence-electron chi connectivity index (χ1n) is 19.3. The number of amides is 4. The fraction of sp³-hybridized carbons (Fsp3) is 0.585. The number of hydrogen-bond acceptors (Lipinski definition) is 9. The number of hydrogen-bond donors (Lipinski definition) is 5. The van der Waals surface area contributed by atoms with Gasteiger partial charge in [-0.1, -0.05) is 74.6 Å². The Hall–Kier alpha value is -3.91. The fourth-order valence-electron chi connectivity index (χ4n) is 7.87. The molecule has 13 heteroatoms. The summed E-state index contributed by atoms with van der Waals surface area (Å²) < 4.78 is 5.45. The van der Waals surface area contributed by atoms with Gasteiger partial charge < -0.3 is 35.8 Å². The van der Waals surface area contributed by atoms with Crippen molar-refractivity contribution in [3.8, 4) is 0 Å². The van der Waals surface area contributed by atoms with E-state index in [1.807, 2.05) is 47.8 Å². The quantitative estimate of drug-likeness (QED) is 0.138. The SMILES string of the molecule is CNC(=O)C(CC(O)C(CC1CCCCC1)NC(=O)[C@H](Cc1cscn1)NC(=O)C(CC(=O)N1CCOCC1)Cc1cccc2ccccc12)C(C)(C)O. The third kappa shape index (κ3) is 11.5. The van der Waals surface area contributed by atoms with Crippen molar-refractivity contribution in [1.82, 2.24) is 25.8 Å². The van der Waals surface area contributed by atoms with E-state index in [1.165, 1.54) is 32.2 Å². The largest absolute Gasteiger partial charge is 0.391 e. The second kappa shape index (κ2) is 19.6. The molecule has 5 N–H and O–H groups in total. The third-order valence-electron chi connectivity index (χ3n) is 11.0. The Kier molecular flexibility index (Phi) is 15.0. The highest BCUT2D eigenvalue weighted by Gasteiger charge is 2.38. The van der Waals surface area contributed by atoms with Crippen molar-refractivity contribution in [3.63, 3.8) is 0 Å². The lowest BCUT2D eigenvalue weighted by Gasteiger charge is -2.35. The first-order chi connectivity index (χ1) is 25.9. The van der Waals surface area contributed by atoms with Crippen LogP contribution in [-0.4, -0.2) is 101 Å². The lowest BCUT2D eigenvalue weighted by atomic mass is 9.80. The standard InChI is InChI=1S/C41H57N5O7S/c1-41(2,52)33(39(50)42-3)24-36(47)34(20-27-10-5-4-6-11-27)44-40(51)35(23-31-25-54-26-43-31)45-38(49)30(22-37(48)46-16-18-53-19-17-46)21-29-14-9-13-28-12-7-8-15-32(28)29/h7-9,12-15,25-27,30,33-36,47,52H,4-6,10-11,16-24H2,1-3H3,(H,42,50)(H,44,51)(H,45,49)/t30?,33?,34?,35-,36?/m0/s1. The normalized spacial score (nSPS) is 18.3. The lowest BCUT2D eigenvalue weighted by molar-refractivity contribution is -0.140. The summed E-state index contributed by atoms with van der Waals surface area (Å²) >= 11 is 1.38. The van der Waals surface area contributed by atoms with Crippen LogP contribution >= 0.6 is 11.3 Å². The van der Waals surface area contributed by atoms with Crippen LogP contribution in [0.25, 0.3) is 10.8 Å². The summed E-state index contributed by atoms with van der Waals surface area (Å²) in [6.45, 7) is 4.85. The summed E-state index contributed by atoms with van der Waals surface area (Å²) in [6, 6.07) is 12.1. The van der Waals surface area contributed by atoms with E-state index in [9.17, 15) is 29.4 Å². The number of ether oxygens (including phenoxy) is 1. The van der Waals surface area contributed by atoms with Crippen molar-refractivity contribution in [2.75, 3.05) is 33.4 Å². The van der Waals surface area contributed by atoms with Crippen LogP contribution in [0.15, 0.2) is 53.4 Å². The molecule has 294 valence electrons. The average molecular weight is 764 g/mol. The molecule has 3 aromatic rings. The molecule has 1 saturated carbocycles. The smallest absolute Gasteiger partial charge is 0.243 e. The molecule has 0 radical (unpaired) electrons. The fourth-order valence-corrected chi connectivity index (χ4v) is 8.44. The van der Waals surface area contributed by atoms with Gasteiger partial charge in [-0.05, 0) is 55.4 Å². The van der Waals surface area contributed by atoms with Crippen LogP contribution in [0.3, 0.4) is 0 Å². The first-order valence-corrected chi connectivity index (χ1v) is 20.3. The van der Waals surface area contributed by atoms with E-state index in [2.05, 4.69) is 20.9 Å². The zero-order valence-corrected chi connectivity index (χ0v) is 32.6. The number of nitrogens with zero attached hydrogens (tertiary/aromatic N) is 2. The van der Waals surface area contributed by atoms with Gasteiger partial charge in [0.15, 0.2) is 0 Å². The lowest BCUT2D eigenvalue weighted by Crippen LogP contribution is -2.56. The maximum Gasteiger partial charge on any atom is 0.243 e. The molecule has 4 amide bonds. The van der Waals surface area contributed by atoms with Gasteiger partial charge in [0.2, 0.25) is 23.6 Å². The molecule has 12 nitrogen and oxygen atoms in total. The van der Waals surface area contributed by atoms with Gasteiger partial charge >= 0.3 is 0 Å². The minimum absolute atomic E-state index is 0.0407. The van der Waals surface area contributed by atoms with Gasteiger partial charge in [-0.15, -0.1) is 11.3 Å². The van der Waals surface area contributed by atoms with Crippen LogP contribution in [0.1, 0.15) is 76.5 Å². The molecule has 1 aliphatic heterocycles. The number of carbonyl (C=O) groups excluding carboxylic acids is 4. The van der Waals surface area contributed by atoms with Crippen LogP contribution in [0.4, 0.5) is 0 Å². The van der Waals surface area contributed by atoms with Crippen molar-refractivity contribution in [2.45, 2.75) is 102 Å². The Bertz CT molecular complexity index is 1680. The minimum Gasteiger partial charge on any atom is -0.391 e. The minimum atomic E-state index is -1.42.